The van der Waals surface area contributed by atoms with Crippen LogP contribution in [0.4, 0.5) is 0 Å². The summed E-state index contributed by atoms with van der Waals surface area (Å²) in [7, 11) is 3.48. The minimum atomic E-state index is -0.150. The molecule has 2 aromatic rings. The summed E-state index contributed by atoms with van der Waals surface area (Å²) in [5.74, 6) is -0.150. The summed E-state index contributed by atoms with van der Waals surface area (Å²) in [5, 5.41) is 8.97. The lowest BCUT2D eigenvalue weighted by Gasteiger charge is -2.14. The molecule has 0 unspecified atom stereocenters. The van der Waals surface area contributed by atoms with Crippen molar-refractivity contribution in [3.8, 4) is 0 Å². The van der Waals surface area contributed by atoms with Crippen molar-refractivity contribution in [2.24, 2.45) is 7.05 Å². The van der Waals surface area contributed by atoms with Crippen molar-refractivity contribution in [2.75, 3.05) is 7.05 Å². The van der Waals surface area contributed by atoms with E-state index >= 15 is 0 Å². The molecule has 0 aliphatic heterocycles. The Morgan fingerprint density at radius 3 is 2.74 bits per heavy atom. The lowest BCUT2D eigenvalue weighted by atomic mass is 10.3. The monoisotopic (exact) mass is 281 g/mol. The zero-order valence-corrected chi connectivity index (χ0v) is 11.9. The van der Waals surface area contributed by atoms with Crippen LogP contribution >= 0.6 is 11.6 Å². The van der Waals surface area contributed by atoms with E-state index in [2.05, 4.69) is 10.2 Å². The van der Waals surface area contributed by atoms with Crippen LogP contribution in [-0.2, 0) is 20.1 Å². The maximum atomic E-state index is 12.1. The second-order valence-electron chi connectivity index (χ2n) is 4.32. The Morgan fingerprint density at radius 2 is 2.21 bits per heavy atom. The number of amides is 1. The van der Waals surface area contributed by atoms with Gasteiger partial charge in [-0.05, 0) is 13.0 Å². The van der Waals surface area contributed by atoms with Crippen molar-refractivity contribution < 1.29 is 4.79 Å². The van der Waals surface area contributed by atoms with Gasteiger partial charge in [0.15, 0.2) is 0 Å². The summed E-state index contributed by atoms with van der Waals surface area (Å²) < 4.78 is 3.34. The Morgan fingerprint density at radius 1 is 1.47 bits per heavy atom. The summed E-state index contributed by atoms with van der Waals surface area (Å²) in [6.07, 6.45) is 3.50. The lowest BCUT2D eigenvalue weighted by Crippen LogP contribution is -2.27. The van der Waals surface area contributed by atoms with E-state index in [-0.39, 0.29) is 5.91 Å². The van der Waals surface area contributed by atoms with E-state index in [1.165, 1.54) is 0 Å². The Kier molecular flexibility index (Phi) is 3.90. The van der Waals surface area contributed by atoms with Gasteiger partial charge in [-0.25, -0.2) is 0 Å². The fourth-order valence-electron chi connectivity index (χ4n) is 1.73. The molecule has 2 aromatic heterocycles. The average molecular weight is 282 g/mol. The Hall–Kier alpha value is -1.82. The zero-order valence-electron chi connectivity index (χ0n) is 11.2. The molecule has 6 nitrogen and oxygen atoms in total. The predicted molar refractivity (Wildman–Crippen MR) is 71.9 cm³/mol. The number of carbonyl (C=O) groups excluding carboxylic acids is 1. The molecule has 2 rings (SSSR count). The minimum Gasteiger partial charge on any atom is -0.334 e. The molecule has 0 saturated heterocycles. The van der Waals surface area contributed by atoms with Crippen molar-refractivity contribution in [1.29, 1.82) is 0 Å². The summed E-state index contributed by atoms with van der Waals surface area (Å²) in [6, 6.07) is 1.69. The zero-order chi connectivity index (χ0) is 14.0. The molecule has 0 radical (unpaired) electrons. The Balaban J connectivity index is 2.10. The van der Waals surface area contributed by atoms with Crippen LogP contribution in [0.1, 0.15) is 23.1 Å². The highest BCUT2D eigenvalue weighted by atomic mass is 35.5. The van der Waals surface area contributed by atoms with E-state index in [1.807, 2.05) is 6.92 Å². The number of nitrogens with zero attached hydrogens (tertiary/aromatic N) is 5. The van der Waals surface area contributed by atoms with Gasteiger partial charge in [-0.15, -0.1) is 0 Å². The van der Waals surface area contributed by atoms with E-state index < -0.39 is 0 Å². The second-order valence-corrected chi connectivity index (χ2v) is 4.72. The maximum absolute atomic E-state index is 12.1. The summed E-state index contributed by atoms with van der Waals surface area (Å²) in [4.78, 5) is 13.7. The van der Waals surface area contributed by atoms with Crippen LogP contribution in [0.25, 0.3) is 0 Å². The number of hydrogen-bond acceptors (Lipinski definition) is 3. The van der Waals surface area contributed by atoms with Crippen molar-refractivity contribution in [2.45, 2.75) is 20.0 Å². The van der Waals surface area contributed by atoms with Gasteiger partial charge in [-0.3, -0.25) is 14.2 Å². The average Bonchev–Trinajstić information content (AvgIpc) is 2.95. The molecule has 0 saturated carbocycles. The summed E-state index contributed by atoms with van der Waals surface area (Å²) in [5.41, 5.74) is 1.10. The van der Waals surface area contributed by atoms with Crippen molar-refractivity contribution in [3.63, 3.8) is 0 Å². The predicted octanol–water partition coefficient (Wildman–Crippen LogP) is 1.56. The van der Waals surface area contributed by atoms with Crippen molar-refractivity contribution in [1.82, 2.24) is 24.5 Å². The van der Waals surface area contributed by atoms with Crippen LogP contribution in [0.2, 0.25) is 5.02 Å². The third-order valence-electron chi connectivity index (χ3n) is 2.78. The van der Waals surface area contributed by atoms with Gasteiger partial charge in [-0.1, -0.05) is 11.6 Å². The number of hydrogen-bond donors (Lipinski definition) is 0. The quantitative estimate of drug-likeness (QED) is 0.855. The standard InChI is InChI=1S/C12H16ClN5O/c1-4-18-7-9(13)11(15-18)8-16(2)12(19)10-5-6-17(3)14-10/h5-7H,4,8H2,1-3H3. The van der Waals surface area contributed by atoms with E-state index in [4.69, 9.17) is 11.6 Å². The second kappa shape index (κ2) is 5.44. The van der Waals surface area contributed by atoms with Crippen molar-refractivity contribution in [3.05, 3.63) is 34.9 Å². The molecule has 102 valence electrons. The van der Waals surface area contributed by atoms with Crippen LogP contribution in [0.3, 0.4) is 0 Å². The van der Waals surface area contributed by atoms with Crippen LogP contribution in [-0.4, -0.2) is 37.4 Å². The van der Waals surface area contributed by atoms with Gasteiger partial charge in [0.1, 0.15) is 11.4 Å². The molecule has 2 heterocycles. The molecule has 0 bridgehead atoms. The van der Waals surface area contributed by atoms with Gasteiger partial charge in [0.2, 0.25) is 0 Å². The van der Waals surface area contributed by atoms with Gasteiger partial charge in [0.25, 0.3) is 5.91 Å². The van der Waals surface area contributed by atoms with Gasteiger partial charge in [-0.2, -0.15) is 10.2 Å². The molecule has 0 aliphatic carbocycles. The molecule has 0 aliphatic rings. The fourth-order valence-corrected chi connectivity index (χ4v) is 1.94. The molecule has 0 fully saturated rings. The smallest absolute Gasteiger partial charge is 0.274 e. The first kappa shape index (κ1) is 13.6. The molecule has 0 atom stereocenters. The number of carbonyl (C=O) groups is 1. The highest BCUT2D eigenvalue weighted by Gasteiger charge is 2.17. The van der Waals surface area contributed by atoms with Crippen LogP contribution < -0.4 is 0 Å². The topological polar surface area (TPSA) is 56.0 Å². The molecule has 1 amide bonds. The van der Waals surface area contributed by atoms with Gasteiger partial charge in [0.05, 0.1) is 11.6 Å². The molecule has 19 heavy (non-hydrogen) atoms. The summed E-state index contributed by atoms with van der Waals surface area (Å²) >= 11 is 6.08. The van der Waals surface area contributed by atoms with E-state index in [0.717, 1.165) is 6.54 Å². The highest BCUT2D eigenvalue weighted by molar-refractivity contribution is 6.31. The first-order chi connectivity index (χ1) is 9.01. The maximum Gasteiger partial charge on any atom is 0.274 e. The summed E-state index contributed by atoms with van der Waals surface area (Å²) in [6.45, 7) is 3.09. The van der Waals surface area contributed by atoms with Gasteiger partial charge < -0.3 is 4.90 Å². The first-order valence-corrected chi connectivity index (χ1v) is 6.36. The Bertz CT molecular complexity index is 589. The molecular formula is C12H16ClN5O. The molecule has 0 aromatic carbocycles. The van der Waals surface area contributed by atoms with Gasteiger partial charge in [0, 0.05) is 33.0 Å². The van der Waals surface area contributed by atoms with E-state index in [0.29, 0.717) is 23.0 Å². The largest absolute Gasteiger partial charge is 0.334 e. The third-order valence-corrected chi connectivity index (χ3v) is 3.09. The van der Waals surface area contributed by atoms with Crippen molar-refractivity contribution >= 4 is 17.5 Å². The van der Waals surface area contributed by atoms with Gasteiger partial charge >= 0.3 is 0 Å². The molecule has 0 spiro atoms. The van der Waals surface area contributed by atoms with E-state index in [1.54, 1.807) is 46.8 Å². The lowest BCUT2D eigenvalue weighted by molar-refractivity contribution is 0.0776. The highest BCUT2D eigenvalue weighted by Crippen LogP contribution is 2.16. The molecular weight excluding hydrogens is 266 g/mol. The number of halogens is 1. The SMILES string of the molecule is CCn1cc(Cl)c(CN(C)C(=O)c2ccn(C)n2)n1. The number of aromatic nitrogens is 4. The molecule has 7 heteroatoms. The Labute approximate surface area is 116 Å². The third kappa shape index (κ3) is 2.96. The van der Waals surface area contributed by atoms with Crippen LogP contribution in [0.5, 0.6) is 0 Å². The van der Waals surface area contributed by atoms with E-state index in [9.17, 15) is 4.79 Å². The first-order valence-electron chi connectivity index (χ1n) is 5.98. The minimum absolute atomic E-state index is 0.150. The number of rotatable bonds is 4. The normalized spacial score (nSPS) is 10.7. The number of aryl methyl sites for hydroxylation is 2. The van der Waals surface area contributed by atoms with Crippen LogP contribution in [0.15, 0.2) is 18.5 Å². The molecule has 0 N–H and O–H groups in total. The fraction of sp³-hybridized carbons (Fsp3) is 0.417. The van der Waals surface area contributed by atoms with Crippen LogP contribution in [0, 0.1) is 0 Å².